The summed E-state index contributed by atoms with van der Waals surface area (Å²) in [4.78, 5) is 31.3. The zero-order valence-electron chi connectivity index (χ0n) is 14.1. The van der Waals surface area contributed by atoms with Crippen LogP contribution in [0, 0.1) is 0 Å². The third kappa shape index (κ3) is 2.73. The van der Waals surface area contributed by atoms with Gasteiger partial charge in [-0.2, -0.15) is 0 Å². The molecule has 0 N–H and O–H groups in total. The normalized spacial score (nSPS) is 11.1. The van der Waals surface area contributed by atoms with Crippen molar-refractivity contribution in [2.75, 3.05) is 18.5 Å². The van der Waals surface area contributed by atoms with Crippen molar-refractivity contribution >= 4 is 16.9 Å². The van der Waals surface area contributed by atoms with Gasteiger partial charge in [-0.25, -0.2) is 9.78 Å². The second-order valence-corrected chi connectivity index (χ2v) is 5.94. The second-order valence-electron chi connectivity index (χ2n) is 5.94. The van der Waals surface area contributed by atoms with Crippen LogP contribution < -0.4 is 16.1 Å². The Morgan fingerprint density at radius 2 is 1.83 bits per heavy atom. The minimum atomic E-state index is -0.325. The number of nitrogens with zero attached hydrogens (tertiary/aromatic N) is 5. The summed E-state index contributed by atoms with van der Waals surface area (Å²) in [6.45, 7) is 1.13. The van der Waals surface area contributed by atoms with E-state index < -0.39 is 0 Å². The summed E-state index contributed by atoms with van der Waals surface area (Å²) in [6.07, 6.45) is 2.25. The highest BCUT2D eigenvalue weighted by Gasteiger charge is 2.14. The monoisotopic (exact) mass is 327 g/mol. The standard InChI is InChI=1S/C17H21N5O2/c1-19(13-8-5-4-6-9-13)10-7-11-22-16(23)14-15(18-12-20(14)2)21(3)17(22)24/h4-6,8-9,12H,7,10-11H2,1-3H3. The lowest BCUT2D eigenvalue weighted by Gasteiger charge is -2.19. The molecule has 0 unspecified atom stereocenters. The van der Waals surface area contributed by atoms with E-state index in [0.29, 0.717) is 24.1 Å². The van der Waals surface area contributed by atoms with E-state index in [-0.39, 0.29) is 11.2 Å². The maximum atomic E-state index is 12.6. The van der Waals surface area contributed by atoms with Crippen molar-refractivity contribution < 1.29 is 0 Å². The summed E-state index contributed by atoms with van der Waals surface area (Å²) < 4.78 is 4.38. The number of aromatic nitrogens is 4. The van der Waals surface area contributed by atoms with Gasteiger partial charge in [0.25, 0.3) is 5.56 Å². The lowest BCUT2D eigenvalue weighted by Crippen LogP contribution is -2.40. The van der Waals surface area contributed by atoms with Crippen molar-refractivity contribution in [3.8, 4) is 0 Å². The Kier molecular flexibility index (Phi) is 4.24. The summed E-state index contributed by atoms with van der Waals surface area (Å²) in [5.74, 6) is 0. The highest BCUT2D eigenvalue weighted by molar-refractivity contribution is 5.69. The van der Waals surface area contributed by atoms with Crippen molar-refractivity contribution in [2.45, 2.75) is 13.0 Å². The van der Waals surface area contributed by atoms with Crippen LogP contribution in [0.2, 0.25) is 0 Å². The molecular formula is C17H21N5O2. The lowest BCUT2D eigenvalue weighted by molar-refractivity contribution is 0.571. The average Bonchev–Trinajstić information content (AvgIpc) is 2.98. The number of aryl methyl sites for hydroxylation is 2. The maximum absolute atomic E-state index is 12.6. The Hall–Kier alpha value is -2.83. The summed E-state index contributed by atoms with van der Waals surface area (Å²) in [5.41, 5.74) is 1.38. The van der Waals surface area contributed by atoms with E-state index in [0.717, 1.165) is 12.2 Å². The van der Waals surface area contributed by atoms with Gasteiger partial charge in [-0.1, -0.05) is 18.2 Å². The molecule has 0 spiro atoms. The largest absolute Gasteiger partial charge is 0.375 e. The molecule has 2 aromatic heterocycles. The van der Waals surface area contributed by atoms with Crippen LogP contribution in [0.5, 0.6) is 0 Å². The van der Waals surface area contributed by atoms with Gasteiger partial charge in [0.1, 0.15) is 0 Å². The van der Waals surface area contributed by atoms with Gasteiger partial charge in [0, 0.05) is 39.9 Å². The molecule has 7 nitrogen and oxygen atoms in total. The summed E-state index contributed by atoms with van der Waals surface area (Å²) in [6, 6.07) is 10.0. The second kappa shape index (κ2) is 6.35. The number of anilines is 1. The SMILES string of the molecule is CN(CCCn1c(=O)c2c(ncn2C)n(C)c1=O)c1ccccc1. The van der Waals surface area contributed by atoms with Crippen molar-refractivity contribution in [1.29, 1.82) is 0 Å². The van der Waals surface area contributed by atoms with E-state index in [1.165, 1.54) is 9.13 Å². The Labute approximate surface area is 139 Å². The fourth-order valence-corrected chi connectivity index (χ4v) is 2.87. The van der Waals surface area contributed by atoms with E-state index in [1.54, 1.807) is 25.0 Å². The first kappa shape index (κ1) is 16.0. The molecule has 24 heavy (non-hydrogen) atoms. The van der Waals surface area contributed by atoms with Crippen molar-refractivity contribution in [3.05, 3.63) is 57.5 Å². The predicted octanol–water partition coefficient (Wildman–Crippen LogP) is 0.960. The van der Waals surface area contributed by atoms with E-state index in [4.69, 9.17) is 0 Å². The Morgan fingerprint density at radius 3 is 2.54 bits per heavy atom. The van der Waals surface area contributed by atoms with Crippen molar-refractivity contribution in [1.82, 2.24) is 18.7 Å². The van der Waals surface area contributed by atoms with Crippen LogP contribution in [0.15, 0.2) is 46.2 Å². The first-order valence-electron chi connectivity index (χ1n) is 7.87. The predicted molar refractivity (Wildman–Crippen MR) is 94.5 cm³/mol. The van der Waals surface area contributed by atoms with E-state index in [1.807, 2.05) is 37.4 Å². The summed E-state index contributed by atoms with van der Waals surface area (Å²) in [5, 5.41) is 0. The molecule has 0 aliphatic rings. The highest BCUT2D eigenvalue weighted by atomic mass is 16.2. The molecule has 2 heterocycles. The molecule has 1 aromatic carbocycles. The van der Waals surface area contributed by atoms with Gasteiger partial charge in [-0.15, -0.1) is 0 Å². The third-order valence-corrected chi connectivity index (χ3v) is 4.27. The van der Waals surface area contributed by atoms with E-state index in [2.05, 4.69) is 9.88 Å². The van der Waals surface area contributed by atoms with Gasteiger partial charge < -0.3 is 9.47 Å². The smallest absolute Gasteiger partial charge is 0.332 e. The number of benzene rings is 1. The molecule has 3 aromatic rings. The molecule has 0 bridgehead atoms. The van der Waals surface area contributed by atoms with Crippen LogP contribution in [-0.4, -0.2) is 32.3 Å². The van der Waals surface area contributed by atoms with Crippen molar-refractivity contribution in [3.63, 3.8) is 0 Å². The zero-order valence-corrected chi connectivity index (χ0v) is 14.1. The molecule has 0 fully saturated rings. The minimum absolute atomic E-state index is 0.282. The van der Waals surface area contributed by atoms with Crippen LogP contribution in [0.3, 0.4) is 0 Å². The summed E-state index contributed by atoms with van der Waals surface area (Å²) >= 11 is 0. The number of fused-ring (bicyclic) bond motifs is 1. The van der Waals surface area contributed by atoms with Gasteiger partial charge >= 0.3 is 5.69 Å². The summed E-state index contributed by atoms with van der Waals surface area (Å²) in [7, 11) is 5.40. The Balaban J connectivity index is 1.82. The number of rotatable bonds is 5. The van der Waals surface area contributed by atoms with Crippen LogP contribution in [0.4, 0.5) is 5.69 Å². The maximum Gasteiger partial charge on any atom is 0.332 e. The molecule has 126 valence electrons. The zero-order chi connectivity index (χ0) is 17.3. The Morgan fingerprint density at radius 1 is 1.12 bits per heavy atom. The molecule has 0 aliphatic carbocycles. The molecule has 0 saturated carbocycles. The number of hydrogen-bond donors (Lipinski definition) is 0. The Bertz CT molecular complexity index is 968. The topological polar surface area (TPSA) is 65.1 Å². The molecule has 0 amide bonds. The van der Waals surface area contributed by atoms with Crippen molar-refractivity contribution in [2.24, 2.45) is 14.1 Å². The molecule has 7 heteroatoms. The first-order chi connectivity index (χ1) is 11.5. The van der Waals surface area contributed by atoms with E-state index >= 15 is 0 Å². The molecule has 0 aliphatic heterocycles. The van der Waals surface area contributed by atoms with E-state index in [9.17, 15) is 9.59 Å². The van der Waals surface area contributed by atoms with Gasteiger partial charge in [0.2, 0.25) is 0 Å². The van der Waals surface area contributed by atoms with Crippen LogP contribution >= 0.6 is 0 Å². The number of imidazole rings is 1. The quantitative estimate of drug-likeness (QED) is 0.700. The molecule has 3 rings (SSSR count). The first-order valence-corrected chi connectivity index (χ1v) is 7.87. The fraction of sp³-hybridized carbons (Fsp3) is 0.353. The van der Waals surface area contributed by atoms with Crippen LogP contribution in [-0.2, 0) is 20.6 Å². The molecule has 0 atom stereocenters. The average molecular weight is 327 g/mol. The number of hydrogen-bond acceptors (Lipinski definition) is 4. The molecular weight excluding hydrogens is 306 g/mol. The van der Waals surface area contributed by atoms with Gasteiger partial charge in [0.15, 0.2) is 11.2 Å². The lowest BCUT2D eigenvalue weighted by atomic mass is 10.3. The molecule has 0 radical (unpaired) electrons. The number of para-hydroxylation sites is 1. The minimum Gasteiger partial charge on any atom is -0.375 e. The fourth-order valence-electron chi connectivity index (χ4n) is 2.87. The highest BCUT2D eigenvalue weighted by Crippen LogP contribution is 2.11. The van der Waals surface area contributed by atoms with Gasteiger partial charge in [0.05, 0.1) is 6.33 Å². The third-order valence-electron chi connectivity index (χ3n) is 4.27. The molecule has 0 saturated heterocycles. The van der Waals surface area contributed by atoms with Crippen LogP contribution in [0.1, 0.15) is 6.42 Å². The van der Waals surface area contributed by atoms with Crippen LogP contribution in [0.25, 0.3) is 11.2 Å². The van der Waals surface area contributed by atoms with Gasteiger partial charge in [-0.05, 0) is 18.6 Å². The van der Waals surface area contributed by atoms with Gasteiger partial charge in [-0.3, -0.25) is 13.9 Å².